The Hall–Kier alpha value is -1.22. The molecule has 0 unspecified atom stereocenters. The van der Waals surface area contributed by atoms with Crippen LogP contribution in [0.2, 0.25) is 0 Å². The number of fused-ring (bicyclic) bond motifs is 3. The van der Waals surface area contributed by atoms with Gasteiger partial charge >= 0.3 is 0 Å². The third kappa shape index (κ3) is 7.48. The van der Waals surface area contributed by atoms with E-state index in [1.807, 2.05) is 0 Å². The molecule has 0 bridgehead atoms. The molecule has 0 amide bonds. The summed E-state index contributed by atoms with van der Waals surface area (Å²) in [4.78, 5) is 9.73. The summed E-state index contributed by atoms with van der Waals surface area (Å²) in [6.07, 6.45) is 21.0. The standard InChI is InChI=1S/C26H43N3.ClH/c1-2-3-4-5-6-7-8-9-10-11-12-13-14-17-22-28-24-19-15-16-20-25(24)29-23-18-21-27-26(28)29;/h15-16,19-20H,2-14,17-18,21-23H2,1H3;1H. The molecular weight excluding hydrogens is 390 g/mol. The zero-order valence-electron chi connectivity index (χ0n) is 19.3. The maximum atomic E-state index is 4.84. The van der Waals surface area contributed by atoms with Gasteiger partial charge in [-0.2, -0.15) is 0 Å². The van der Waals surface area contributed by atoms with E-state index in [1.54, 1.807) is 0 Å². The van der Waals surface area contributed by atoms with Crippen LogP contribution in [-0.4, -0.2) is 25.6 Å². The number of unbranched alkanes of at least 4 members (excludes halogenated alkanes) is 13. The lowest BCUT2D eigenvalue weighted by Gasteiger charge is -2.26. The molecule has 0 aromatic heterocycles. The number of aliphatic imine (C=N–C) groups is 1. The van der Waals surface area contributed by atoms with Crippen LogP contribution >= 0.6 is 12.4 Å². The van der Waals surface area contributed by atoms with Crippen molar-refractivity contribution in [3.63, 3.8) is 0 Å². The zero-order chi connectivity index (χ0) is 20.2. The topological polar surface area (TPSA) is 18.8 Å². The Bertz CT molecular complexity index is 616. The lowest BCUT2D eigenvalue weighted by atomic mass is 10.0. The van der Waals surface area contributed by atoms with Crippen LogP contribution in [0.15, 0.2) is 29.3 Å². The Labute approximate surface area is 191 Å². The molecule has 2 heterocycles. The summed E-state index contributed by atoms with van der Waals surface area (Å²) < 4.78 is 0. The van der Waals surface area contributed by atoms with Gasteiger partial charge in [0.2, 0.25) is 5.96 Å². The molecule has 0 atom stereocenters. The number of para-hydroxylation sites is 2. The Morgan fingerprint density at radius 3 is 1.87 bits per heavy atom. The first kappa shape index (κ1) is 25.0. The number of nitrogens with zero attached hydrogens (tertiary/aromatic N) is 3. The lowest BCUT2D eigenvalue weighted by molar-refractivity contribution is 0.536. The third-order valence-electron chi connectivity index (χ3n) is 6.47. The molecule has 1 aromatic rings. The van der Waals surface area contributed by atoms with Crippen molar-refractivity contribution >= 4 is 29.7 Å². The minimum atomic E-state index is 0. The molecule has 170 valence electrons. The molecular formula is C26H44ClN3. The molecule has 0 aliphatic carbocycles. The summed E-state index contributed by atoms with van der Waals surface area (Å²) in [5.74, 6) is 1.20. The number of hydrogen-bond acceptors (Lipinski definition) is 3. The molecule has 2 aliphatic heterocycles. The van der Waals surface area contributed by atoms with Gasteiger partial charge in [-0.1, -0.05) is 103 Å². The van der Waals surface area contributed by atoms with E-state index in [1.165, 1.54) is 114 Å². The fraction of sp³-hybridized carbons (Fsp3) is 0.731. The Kier molecular flexibility index (Phi) is 12.3. The van der Waals surface area contributed by atoms with Crippen LogP contribution in [0.25, 0.3) is 0 Å². The Balaban J connectivity index is 0.00000320. The molecule has 0 saturated carbocycles. The molecule has 0 N–H and O–H groups in total. The van der Waals surface area contributed by atoms with Crippen molar-refractivity contribution in [2.75, 3.05) is 29.4 Å². The normalized spacial score (nSPS) is 14.9. The number of rotatable bonds is 15. The van der Waals surface area contributed by atoms with Gasteiger partial charge < -0.3 is 9.80 Å². The fourth-order valence-corrected chi connectivity index (χ4v) is 4.77. The molecule has 1 aromatic carbocycles. The second-order valence-corrected chi connectivity index (χ2v) is 8.92. The van der Waals surface area contributed by atoms with E-state index in [2.05, 4.69) is 41.0 Å². The second kappa shape index (κ2) is 14.7. The summed E-state index contributed by atoms with van der Waals surface area (Å²) in [6.45, 7) is 5.51. The minimum absolute atomic E-state index is 0. The fourth-order valence-electron chi connectivity index (χ4n) is 4.77. The van der Waals surface area contributed by atoms with Crippen molar-refractivity contribution < 1.29 is 0 Å². The van der Waals surface area contributed by atoms with Crippen LogP contribution in [0, 0.1) is 0 Å². The predicted molar refractivity (Wildman–Crippen MR) is 136 cm³/mol. The highest BCUT2D eigenvalue weighted by Crippen LogP contribution is 2.38. The highest BCUT2D eigenvalue weighted by molar-refractivity contribution is 6.16. The average molecular weight is 434 g/mol. The van der Waals surface area contributed by atoms with Gasteiger partial charge in [0.05, 0.1) is 11.4 Å². The number of anilines is 2. The van der Waals surface area contributed by atoms with E-state index in [9.17, 15) is 0 Å². The minimum Gasteiger partial charge on any atom is -0.310 e. The van der Waals surface area contributed by atoms with Gasteiger partial charge in [-0.25, -0.2) is 0 Å². The third-order valence-corrected chi connectivity index (χ3v) is 6.47. The highest BCUT2D eigenvalue weighted by Gasteiger charge is 2.33. The Morgan fingerprint density at radius 2 is 1.27 bits per heavy atom. The molecule has 0 spiro atoms. The summed E-state index contributed by atoms with van der Waals surface area (Å²) in [5.41, 5.74) is 2.72. The second-order valence-electron chi connectivity index (χ2n) is 8.92. The average Bonchev–Trinajstić information content (AvgIpc) is 3.08. The summed E-state index contributed by atoms with van der Waals surface area (Å²) in [6, 6.07) is 8.83. The molecule has 0 saturated heterocycles. The molecule has 30 heavy (non-hydrogen) atoms. The lowest BCUT2D eigenvalue weighted by Crippen LogP contribution is -2.42. The molecule has 3 nitrogen and oxygen atoms in total. The van der Waals surface area contributed by atoms with Crippen molar-refractivity contribution in [2.24, 2.45) is 4.99 Å². The number of guanidine groups is 1. The monoisotopic (exact) mass is 433 g/mol. The SMILES string of the molecule is CCCCCCCCCCCCCCCCN1C2=NCCCN2c2ccccc21.Cl. The maximum absolute atomic E-state index is 4.84. The van der Waals surface area contributed by atoms with Gasteiger partial charge in [0.25, 0.3) is 0 Å². The van der Waals surface area contributed by atoms with E-state index in [4.69, 9.17) is 4.99 Å². The van der Waals surface area contributed by atoms with Gasteiger partial charge in [-0.15, -0.1) is 12.4 Å². The van der Waals surface area contributed by atoms with E-state index in [-0.39, 0.29) is 12.4 Å². The van der Waals surface area contributed by atoms with Crippen LogP contribution < -0.4 is 9.80 Å². The maximum Gasteiger partial charge on any atom is 0.205 e. The largest absolute Gasteiger partial charge is 0.310 e. The first-order valence-electron chi connectivity index (χ1n) is 12.6. The summed E-state index contributed by atoms with van der Waals surface area (Å²) in [7, 11) is 0. The van der Waals surface area contributed by atoms with Gasteiger partial charge in [0, 0.05) is 19.6 Å². The summed E-state index contributed by atoms with van der Waals surface area (Å²) >= 11 is 0. The van der Waals surface area contributed by atoms with Crippen LogP contribution in [-0.2, 0) is 0 Å². The predicted octanol–water partition coefficient (Wildman–Crippen LogP) is 7.98. The van der Waals surface area contributed by atoms with E-state index >= 15 is 0 Å². The van der Waals surface area contributed by atoms with Gasteiger partial charge in [-0.05, 0) is 25.0 Å². The summed E-state index contributed by atoms with van der Waals surface area (Å²) in [5, 5.41) is 0. The van der Waals surface area contributed by atoms with Gasteiger partial charge in [0.1, 0.15) is 0 Å². The van der Waals surface area contributed by atoms with Crippen LogP contribution in [0.3, 0.4) is 0 Å². The van der Waals surface area contributed by atoms with Crippen LogP contribution in [0.5, 0.6) is 0 Å². The molecule has 2 aliphatic rings. The van der Waals surface area contributed by atoms with E-state index in [0.29, 0.717) is 0 Å². The number of benzene rings is 1. The van der Waals surface area contributed by atoms with Crippen molar-refractivity contribution in [2.45, 2.75) is 103 Å². The molecule has 4 heteroatoms. The molecule has 0 fully saturated rings. The van der Waals surface area contributed by atoms with Crippen molar-refractivity contribution in [3.8, 4) is 0 Å². The first-order valence-corrected chi connectivity index (χ1v) is 12.6. The first-order chi connectivity index (χ1) is 14.4. The molecule has 0 radical (unpaired) electrons. The van der Waals surface area contributed by atoms with Crippen molar-refractivity contribution in [1.29, 1.82) is 0 Å². The quantitative estimate of drug-likeness (QED) is 0.261. The number of halogens is 1. The van der Waals surface area contributed by atoms with Crippen molar-refractivity contribution in [1.82, 2.24) is 0 Å². The van der Waals surface area contributed by atoms with Crippen LogP contribution in [0.1, 0.15) is 103 Å². The Morgan fingerprint density at radius 1 is 0.733 bits per heavy atom. The zero-order valence-corrected chi connectivity index (χ0v) is 20.1. The highest BCUT2D eigenvalue weighted by atomic mass is 35.5. The van der Waals surface area contributed by atoms with Gasteiger partial charge in [-0.3, -0.25) is 4.99 Å². The van der Waals surface area contributed by atoms with E-state index in [0.717, 1.165) is 19.6 Å². The van der Waals surface area contributed by atoms with E-state index < -0.39 is 0 Å². The molecule has 3 rings (SSSR count). The van der Waals surface area contributed by atoms with Gasteiger partial charge in [0.15, 0.2) is 0 Å². The van der Waals surface area contributed by atoms with Crippen LogP contribution in [0.4, 0.5) is 11.4 Å². The smallest absolute Gasteiger partial charge is 0.205 e. The number of hydrogen-bond donors (Lipinski definition) is 0. The van der Waals surface area contributed by atoms with Crippen molar-refractivity contribution in [3.05, 3.63) is 24.3 Å².